The van der Waals surface area contributed by atoms with Crippen LogP contribution in [0.2, 0.25) is 6.82 Å². The molecule has 2 aromatic rings. The number of anilines is 2. The van der Waals surface area contributed by atoms with E-state index in [-0.39, 0.29) is 7.43 Å². The number of benzene rings is 2. The molecule has 2 rings (SSSR count). The van der Waals surface area contributed by atoms with Gasteiger partial charge < -0.3 is 4.90 Å². The molecule has 0 aliphatic carbocycles. The van der Waals surface area contributed by atoms with Gasteiger partial charge in [-0.25, -0.2) is 0 Å². The van der Waals surface area contributed by atoms with Crippen molar-refractivity contribution in [2.75, 3.05) is 11.4 Å². The van der Waals surface area contributed by atoms with Crippen molar-refractivity contribution in [3.8, 4) is 0 Å². The zero-order valence-electron chi connectivity index (χ0n) is 16.5. The van der Waals surface area contributed by atoms with Gasteiger partial charge in [0.1, 0.15) is 0 Å². The summed E-state index contributed by atoms with van der Waals surface area (Å²) < 4.78 is 0. The highest BCUT2D eigenvalue weighted by Gasteiger charge is 2.04. The Bertz CT molecular complexity index is 361. The van der Waals surface area contributed by atoms with Crippen LogP contribution in [-0.4, -0.2) is 14.4 Å². The van der Waals surface area contributed by atoms with Crippen LogP contribution in [0.15, 0.2) is 60.7 Å². The molecule has 0 aliphatic heterocycles. The van der Waals surface area contributed by atoms with Crippen molar-refractivity contribution >= 4 is 19.2 Å². The van der Waals surface area contributed by atoms with Gasteiger partial charge in [0.05, 0.1) is 7.85 Å². The Labute approximate surface area is 154 Å². The normalized spacial score (nSPS) is 7.17. The van der Waals surface area contributed by atoms with Crippen LogP contribution in [0.1, 0.15) is 55.9 Å². The molecule has 0 bridgehead atoms. The molecular formula is C22H40BN. The summed E-state index contributed by atoms with van der Waals surface area (Å²) in [6.45, 7) is 16.6. The van der Waals surface area contributed by atoms with Gasteiger partial charge in [0.25, 0.3) is 0 Å². The molecule has 0 saturated carbocycles. The molecule has 0 N–H and O–H groups in total. The Morgan fingerprint density at radius 1 is 0.625 bits per heavy atom. The summed E-state index contributed by atoms with van der Waals surface area (Å²) in [5.41, 5.74) is 2.48. The fourth-order valence-electron chi connectivity index (χ4n) is 1.73. The summed E-state index contributed by atoms with van der Waals surface area (Å²) in [5.74, 6) is 0. The summed E-state index contributed by atoms with van der Waals surface area (Å²) >= 11 is 0. The fourth-order valence-corrected chi connectivity index (χ4v) is 1.73. The Morgan fingerprint density at radius 2 is 0.875 bits per heavy atom. The fraction of sp³-hybridized carbons (Fsp3) is 0.455. The maximum Gasteiger partial charge on any atom is 0.0606 e. The van der Waals surface area contributed by atoms with Gasteiger partial charge in [-0.3, -0.25) is 0 Å². The molecule has 0 spiro atoms. The van der Waals surface area contributed by atoms with Crippen molar-refractivity contribution in [3.63, 3.8) is 0 Å². The summed E-state index contributed by atoms with van der Waals surface area (Å²) in [6, 6.07) is 20.9. The molecule has 0 heterocycles. The molecule has 0 unspecified atom stereocenters. The van der Waals surface area contributed by atoms with Crippen molar-refractivity contribution in [1.29, 1.82) is 0 Å². The molecule has 0 fully saturated rings. The summed E-state index contributed by atoms with van der Waals surface area (Å²) in [7, 11) is 4.50. The van der Waals surface area contributed by atoms with E-state index in [1.165, 1.54) is 18.2 Å². The van der Waals surface area contributed by atoms with E-state index in [1.54, 1.807) is 0 Å². The zero-order chi connectivity index (χ0) is 18.5. The van der Waals surface area contributed by atoms with Gasteiger partial charge in [0.15, 0.2) is 0 Å². The van der Waals surface area contributed by atoms with Gasteiger partial charge in [0, 0.05) is 17.9 Å². The molecule has 0 aliphatic rings. The molecule has 1 nitrogen and oxygen atoms in total. The second kappa shape index (κ2) is 26.2. The lowest BCUT2D eigenvalue weighted by Gasteiger charge is -2.23. The second-order valence-corrected chi connectivity index (χ2v) is 3.42. The van der Waals surface area contributed by atoms with Crippen LogP contribution in [0.25, 0.3) is 0 Å². The van der Waals surface area contributed by atoms with Gasteiger partial charge in [-0.05, 0) is 31.2 Å². The molecule has 0 saturated heterocycles. The molecule has 0 atom stereocenters. The van der Waals surface area contributed by atoms with Gasteiger partial charge in [-0.1, -0.05) is 92.2 Å². The maximum absolute atomic E-state index is 4.50. The van der Waals surface area contributed by atoms with E-state index in [0.29, 0.717) is 0 Å². The van der Waals surface area contributed by atoms with Crippen molar-refractivity contribution in [1.82, 2.24) is 0 Å². The quantitative estimate of drug-likeness (QED) is 0.520. The third-order valence-electron chi connectivity index (χ3n) is 2.45. The lowest BCUT2D eigenvalue weighted by atomic mass is 10.2. The smallest absolute Gasteiger partial charge is 0.0606 e. The van der Waals surface area contributed by atoms with Crippen LogP contribution in [0.5, 0.6) is 0 Å². The van der Waals surface area contributed by atoms with Gasteiger partial charge in [-0.15, -0.1) is 0 Å². The highest BCUT2D eigenvalue weighted by Crippen LogP contribution is 2.23. The topological polar surface area (TPSA) is 3.24 Å². The molecule has 0 amide bonds. The Morgan fingerprint density at radius 3 is 1.08 bits per heavy atom. The zero-order valence-corrected chi connectivity index (χ0v) is 16.5. The highest BCUT2D eigenvalue weighted by atomic mass is 15.1. The molecule has 24 heavy (non-hydrogen) atoms. The summed E-state index contributed by atoms with van der Waals surface area (Å²) in [4.78, 5) is 2.29. The van der Waals surface area contributed by atoms with Gasteiger partial charge in [0.2, 0.25) is 0 Å². The number of hydrogen-bond donors (Lipinski definition) is 0. The van der Waals surface area contributed by atoms with Gasteiger partial charge >= 0.3 is 0 Å². The third kappa shape index (κ3) is 12.8. The number of hydrogen-bond acceptors (Lipinski definition) is 1. The maximum atomic E-state index is 4.50. The van der Waals surface area contributed by atoms with E-state index in [0.717, 1.165) is 6.54 Å². The highest BCUT2D eigenvalue weighted by molar-refractivity contribution is 6.05. The van der Waals surface area contributed by atoms with Crippen LogP contribution in [0, 0.1) is 0 Å². The van der Waals surface area contributed by atoms with Crippen LogP contribution >= 0.6 is 0 Å². The molecule has 136 valence electrons. The average Bonchev–Trinajstić information content (AvgIpc) is 2.70. The first-order chi connectivity index (χ1) is 11.4. The standard InChI is InChI=1S/C14H15N.3C2H6.CH3B.CH4/c1-2-15(13-9-5-3-6-10-13)14-11-7-4-8-12-14;4*1-2;/h3-12H,2H2,1H3;3*1-2H3;1H3;1H4. The lowest BCUT2D eigenvalue weighted by Crippen LogP contribution is -2.15. The third-order valence-corrected chi connectivity index (χ3v) is 2.45. The van der Waals surface area contributed by atoms with Crippen molar-refractivity contribution < 1.29 is 0 Å². The summed E-state index contributed by atoms with van der Waals surface area (Å²) in [5, 5.41) is 0. The van der Waals surface area contributed by atoms with Crippen LogP contribution < -0.4 is 4.90 Å². The van der Waals surface area contributed by atoms with Crippen LogP contribution in [0.4, 0.5) is 11.4 Å². The molecule has 2 aromatic carbocycles. The molecule has 2 radical (unpaired) electrons. The van der Waals surface area contributed by atoms with E-state index in [1.807, 2.05) is 53.7 Å². The second-order valence-electron chi connectivity index (χ2n) is 3.42. The van der Waals surface area contributed by atoms with Crippen molar-refractivity contribution in [2.24, 2.45) is 0 Å². The predicted molar refractivity (Wildman–Crippen MR) is 118 cm³/mol. The molecule has 0 aromatic heterocycles. The van der Waals surface area contributed by atoms with E-state index in [2.05, 4.69) is 68.2 Å². The van der Waals surface area contributed by atoms with E-state index in [4.69, 9.17) is 0 Å². The first kappa shape index (κ1) is 30.2. The Kier molecular flexibility index (Phi) is 33.0. The van der Waals surface area contributed by atoms with E-state index >= 15 is 0 Å². The lowest BCUT2D eigenvalue weighted by molar-refractivity contribution is 1.02. The molecule has 2 heteroatoms. The van der Waals surface area contributed by atoms with E-state index in [9.17, 15) is 0 Å². The van der Waals surface area contributed by atoms with E-state index < -0.39 is 0 Å². The van der Waals surface area contributed by atoms with Crippen molar-refractivity contribution in [3.05, 3.63) is 60.7 Å². The first-order valence-electron chi connectivity index (χ1n) is 8.87. The Hall–Kier alpha value is -1.70. The summed E-state index contributed by atoms with van der Waals surface area (Å²) in [6.07, 6.45) is 0. The number of nitrogens with zero attached hydrogens (tertiary/aromatic N) is 1. The monoisotopic (exact) mass is 329 g/mol. The number of rotatable bonds is 3. The van der Waals surface area contributed by atoms with Gasteiger partial charge in [-0.2, -0.15) is 0 Å². The minimum absolute atomic E-state index is 0. The first-order valence-corrected chi connectivity index (χ1v) is 8.87. The number of para-hydroxylation sites is 2. The minimum Gasteiger partial charge on any atom is -0.342 e. The van der Waals surface area contributed by atoms with Crippen LogP contribution in [0.3, 0.4) is 0 Å². The predicted octanol–water partition coefficient (Wildman–Crippen LogP) is 7.76. The Balaban J connectivity index is -0.000000196. The average molecular weight is 329 g/mol. The van der Waals surface area contributed by atoms with Crippen molar-refractivity contribution in [2.45, 2.75) is 62.7 Å². The minimum atomic E-state index is 0. The SMILES string of the molecule is C.CC.CC.CC.CCN(c1ccccc1)c1ccccc1.[B]C. The molecular weight excluding hydrogens is 289 g/mol. The van der Waals surface area contributed by atoms with Crippen LogP contribution in [-0.2, 0) is 0 Å². The largest absolute Gasteiger partial charge is 0.342 e.